The maximum atomic E-state index is 10.3. The highest BCUT2D eigenvalue weighted by Crippen LogP contribution is 2.24. The minimum atomic E-state index is -0.979. The molecule has 0 unspecified atom stereocenters. The van der Waals surface area contributed by atoms with Crippen molar-refractivity contribution >= 4 is 0 Å². The third-order valence-corrected chi connectivity index (χ3v) is 4.16. The average Bonchev–Trinajstić information content (AvgIpc) is 3.11. The maximum Gasteiger partial charge on any atom is 0.126 e. The van der Waals surface area contributed by atoms with Gasteiger partial charge in [0.1, 0.15) is 12.2 Å². The average molecular weight is 337 g/mol. The lowest BCUT2D eigenvalue weighted by molar-refractivity contribution is -0.0705. The van der Waals surface area contributed by atoms with Crippen molar-refractivity contribution < 1.29 is 14.9 Å². The molecule has 0 aliphatic heterocycles. The van der Waals surface area contributed by atoms with Gasteiger partial charge in [-0.1, -0.05) is 60.7 Å². The summed E-state index contributed by atoms with van der Waals surface area (Å²) in [7, 11) is 0. The van der Waals surface area contributed by atoms with Crippen molar-refractivity contribution in [3.63, 3.8) is 0 Å². The number of hydrogen-bond acceptors (Lipinski definition) is 3. The Kier molecular flexibility index (Phi) is 6.01. The van der Waals surface area contributed by atoms with Gasteiger partial charge in [-0.25, -0.2) is 0 Å². The molecule has 0 radical (unpaired) electrons. The van der Waals surface area contributed by atoms with E-state index in [0.717, 1.165) is 11.3 Å². The summed E-state index contributed by atoms with van der Waals surface area (Å²) in [5, 5.41) is 19.7. The molecule has 0 fully saturated rings. The Morgan fingerprint density at radius 2 is 1.48 bits per heavy atom. The number of hydrogen-bond donors (Lipinski definition) is 2. The predicted octanol–water partition coefficient (Wildman–Crippen LogP) is 3.15. The third kappa shape index (κ3) is 4.57. The topological polar surface area (TPSA) is 54.6 Å². The number of benzene rings is 2. The van der Waals surface area contributed by atoms with Gasteiger partial charge in [-0.2, -0.15) is 0 Å². The Hall–Kier alpha value is -2.40. The summed E-state index contributed by atoms with van der Waals surface area (Å²) in [4.78, 5) is 0. The Morgan fingerprint density at radius 1 is 0.840 bits per heavy atom. The molecule has 0 saturated heterocycles. The zero-order valence-corrected chi connectivity index (χ0v) is 14.0. The number of rotatable bonds is 8. The molecule has 2 aromatic carbocycles. The monoisotopic (exact) mass is 337 g/mol. The van der Waals surface area contributed by atoms with Crippen LogP contribution in [-0.2, 0) is 17.9 Å². The summed E-state index contributed by atoms with van der Waals surface area (Å²) in [6.45, 7) is 0.710. The summed E-state index contributed by atoms with van der Waals surface area (Å²) in [6, 6.07) is 23.8. The third-order valence-electron chi connectivity index (χ3n) is 4.16. The first-order valence-electron chi connectivity index (χ1n) is 8.41. The summed E-state index contributed by atoms with van der Waals surface area (Å²) >= 11 is 0. The molecule has 2 atom stereocenters. The van der Waals surface area contributed by atoms with E-state index < -0.39 is 12.2 Å². The van der Waals surface area contributed by atoms with Crippen LogP contribution in [0.5, 0.6) is 0 Å². The van der Waals surface area contributed by atoms with Crippen LogP contribution < -0.4 is 0 Å². The van der Waals surface area contributed by atoms with E-state index in [-0.39, 0.29) is 6.61 Å². The minimum Gasteiger partial charge on any atom is -0.394 e. The maximum absolute atomic E-state index is 10.3. The smallest absolute Gasteiger partial charge is 0.126 e. The van der Waals surface area contributed by atoms with Crippen LogP contribution in [0.4, 0.5) is 0 Å². The second-order valence-electron chi connectivity index (χ2n) is 6.01. The molecule has 130 valence electrons. The molecule has 0 aliphatic rings. The Balaban J connectivity index is 1.78. The predicted molar refractivity (Wildman–Crippen MR) is 97.0 cm³/mol. The molecule has 25 heavy (non-hydrogen) atoms. The number of aliphatic hydroxyl groups excluding tert-OH is 2. The SMILES string of the molecule is OC[C@@H](O)[C@H](OCc1ccccc1)c1cccn1Cc1ccccc1. The van der Waals surface area contributed by atoms with E-state index in [1.165, 1.54) is 5.56 Å². The van der Waals surface area contributed by atoms with E-state index in [1.807, 2.05) is 71.4 Å². The van der Waals surface area contributed by atoms with Crippen molar-refractivity contribution in [1.29, 1.82) is 0 Å². The molecule has 0 amide bonds. The van der Waals surface area contributed by atoms with Gasteiger partial charge in [0.25, 0.3) is 0 Å². The van der Waals surface area contributed by atoms with Crippen LogP contribution in [-0.4, -0.2) is 27.5 Å². The molecule has 0 saturated carbocycles. The largest absolute Gasteiger partial charge is 0.394 e. The molecule has 2 N–H and O–H groups in total. The molecule has 0 bridgehead atoms. The van der Waals surface area contributed by atoms with Crippen LogP contribution in [0.1, 0.15) is 22.9 Å². The van der Waals surface area contributed by atoms with Gasteiger partial charge in [-0.05, 0) is 23.3 Å². The first-order chi connectivity index (χ1) is 12.3. The van der Waals surface area contributed by atoms with Crippen molar-refractivity contribution in [3.8, 4) is 0 Å². The normalized spacial score (nSPS) is 13.5. The lowest BCUT2D eigenvalue weighted by atomic mass is 10.1. The molecule has 3 rings (SSSR count). The van der Waals surface area contributed by atoms with Gasteiger partial charge in [0.2, 0.25) is 0 Å². The molecular weight excluding hydrogens is 314 g/mol. The molecule has 1 aromatic heterocycles. The zero-order valence-electron chi connectivity index (χ0n) is 14.0. The van der Waals surface area contributed by atoms with Crippen LogP contribution in [0, 0.1) is 0 Å². The lowest BCUT2D eigenvalue weighted by Gasteiger charge is -2.24. The Bertz CT molecular complexity index is 755. The van der Waals surface area contributed by atoms with Gasteiger partial charge in [-0.3, -0.25) is 0 Å². The fourth-order valence-electron chi connectivity index (χ4n) is 2.86. The van der Waals surface area contributed by atoms with Crippen LogP contribution in [0.3, 0.4) is 0 Å². The molecule has 0 aliphatic carbocycles. The van der Waals surface area contributed by atoms with E-state index in [4.69, 9.17) is 4.74 Å². The first kappa shape index (κ1) is 17.4. The second kappa shape index (κ2) is 8.62. The van der Waals surface area contributed by atoms with Crippen LogP contribution in [0.15, 0.2) is 79.0 Å². The van der Waals surface area contributed by atoms with Crippen molar-refractivity contribution in [1.82, 2.24) is 4.57 Å². The molecule has 4 nitrogen and oxygen atoms in total. The van der Waals surface area contributed by atoms with Gasteiger partial charge in [0.15, 0.2) is 0 Å². The zero-order chi connectivity index (χ0) is 17.5. The lowest BCUT2D eigenvalue weighted by Crippen LogP contribution is -2.27. The molecular formula is C21H23NO3. The van der Waals surface area contributed by atoms with Crippen LogP contribution >= 0.6 is 0 Å². The highest BCUT2D eigenvalue weighted by Gasteiger charge is 2.24. The van der Waals surface area contributed by atoms with Crippen LogP contribution in [0.2, 0.25) is 0 Å². The molecule has 4 heteroatoms. The molecule has 1 heterocycles. The van der Waals surface area contributed by atoms with E-state index in [0.29, 0.717) is 13.2 Å². The highest BCUT2D eigenvalue weighted by molar-refractivity contribution is 5.20. The summed E-state index contributed by atoms with van der Waals surface area (Å²) in [5.74, 6) is 0. The summed E-state index contributed by atoms with van der Waals surface area (Å²) in [6.07, 6.45) is 0.391. The highest BCUT2D eigenvalue weighted by atomic mass is 16.5. The number of aromatic nitrogens is 1. The van der Waals surface area contributed by atoms with Crippen molar-refractivity contribution in [2.75, 3.05) is 6.61 Å². The van der Waals surface area contributed by atoms with E-state index in [1.54, 1.807) is 0 Å². The van der Waals surface area contributed by atoms with Gasteiger partial charge >= 0.3 is 0 Å². The summed E-state index contributed by atoms with van der Waals surface area (Å²) < 4.78 is 8.02. The summed E-state index contributed by atoms with van der Waals surface area (Å²) in [5.41, 5.74) is 3.04. The number of ether oxygens (including phenoxy) is 1. The van der Waals surface area contributed by atoms with E-state index in [9.17, 15) is 10.2 Å². The minimum absolute atomic E-state index is 0.351. The molecule has 0 spiro atoms. The van der Waals surface area contributed by atoms with Gasteiger partial charge < -0.3 is 19.5 Å². The van der Waals surface area contributed by atoms with Crippen molar-refractivity contribution in [2.45, 2.75) is 25.4 Å². The van der Waals surface area contributed by atoms with E-state index in [2.05, 4.69) is 12.1 Å². The standard InChI is InChI=1S/C21H23NO3/c23-15-20(24)21(25-16-18-10-5-2-6-11-18)19-12-7-13-22(19)14-17-8-3-1-4-9-17/h1-13,20-21,23-24H,14-16H2/t20-,21-/m1/s1. The van der Waals surface area contributed by atoms with Gasteiger partial charge in [0, 0.05) is 18.4 Å². The van der Waals surface area contributed by atoms with Crippen LogP contribution in [0.25, 0.3) is 0 Å². The quantitative estimate of drug-likeness (QED) is 0.664. The number of aliphatic hydroxyl groups is 2. The van der Waals surface area contributed by atoms with Gasteiger partial charge in [-0.15, -0.1) is 0 Å². The van der Waals surface area contributed by atoms with Gasteiger partial charge in [0.05, 0.1) is 13.2 Å². The number of nitrogens with zero attached hydrogens (tertiary/aromatic N) is 1. The molecule has 3 aromatic rings. The van der Waals surface area contributed by atoms with Crippen molar-refractivity contribution in [3.05, 3.63) is 95.8 Å². The fraction of sp³-hybridized carbons (Fsp3) is 0.238. The second-order valence-corrected chi connectivity index (χ2v) is 6.01. The Morgan fingerprint density at radius 3 is 2.12 bits per heavy atom. The Labute approximate surface area is 147 Å². The van der Waals surface area contributed by atoms with Crippen molar-refractivity contribution in [2.24, 2.45) is 0 Å². The fourth-order valence-corrected chi connectivity index (χ4v) is 2.86. The van der Waals surface area contributed by atoms with E-state index >= 15 is 0 Å². The first-order valence-corrected chi connectivity index (χ1v) is 8.41.